The summed E-state index contributed by atoms with van der Waals surface area (Å²) < 4.78 is 10.7. The van der Waals surface area contributed by atoms with E-state index in [1.165, 1.54) is 27.7 Å². The topological polar surface area (TPSA) is 57.7 Å². The van der Waals surface area contributed by atoms with E-state index in [1.54, 1.807) is 14.2 Å². The van der Waals surface area contributed by atoms with Crippen LogP contribution in [0.25, 0.3) is 10.9 Å². The fourth-order valence-corrected chi connectivity index (χ4v) is 4.04. The van der Waals surface area contributed by atoms with Crippen molar-refractivity contribution in [1.29, 1.82) is 0 Å². The van der Waals surface area contributed by atoms with E-state index in [0.717, 1.165) is 30.8 Å². The summed E-state index contributed by atoms with van der Waals surface area (Å²) in [5, 5.41) is 12.2. The number of nitrogens with one attached hydrogen (secondary N) is 1. The summed E-state index contributed by atoms with van der Waals surface area (Å²) in [6, 6.07) is 12.0. The van der Waals surface area contributed by atoms with E-state index in [0.29, 0.717) is 12.3 Å². The highest BCUT2D eigenvalue weighted by Crippen LogP contribution is 2.33. The van der Waals surface area contributed by atoms with Gasteiger partial charge in [-0.2, -0.15) is 0 Å². The molecular formula is C22H26N2O3. The Morgan fingerprint density at radius 1 is 1.19 bits per heavy atom. The number of aliphatic hydroxyl groups excluding tert-OH is 1. The predicted octanol–water partition coefficient (Wildman–Crippen LogP) is 3.59. The average molecular weight is 366 g/mol. The highest BCUT2D eigenvalue weighted by atomic mass is 16.5. The smallest absolute Gasteiger partial charge is 0.124 e. The van der Waals surface area contributed by atoms with Gasteiger partial charge in [0.1, 0.15) is 11.5 Å². The first-order valence-corrected chi connectivity index (χ1v) is 9.32. The van der Waals surface area contributed by atoms with E-state index in [4.69, 9.17) is 9.47 Å². The van der Waals surface area contributed by atoms with Crippen LogP contribution in [0.1, 0.15) is 28.5 Å². The Morgan fingerprint density at radius 3 is 2.81 bits per heavy atom. The van der Waals surface area contributed by atoms with E-state index in [-0.39, 0.29) is 0 Å². The van der Waals surface area contributed by atoms with Crippen molar-refractivity contribution in [3.05, 3.63) is 58.8 Å². The van der Waals surface area contributed by atoms with Gasteiger partial charge in [-0.3, -0.25) is 4.90 Å². The second-order valence-corrected chi connectivity index (χ2v) is 7.19. The highest BCUT2D eigenvalue weighted by Gasteiger charge is 2.24. The maximum absolute atomic E-state index is 10.9. The molecule has 0 aliphatic carbocycles. The van der Waals surface area contributed by atoms with E-state index in [2.05, 4.69) is 35.0 Å². The zero-order valence-electron chi connectivity index (χ0n) is 16.1. The standard InChI is InChI=1S/C22H26N2O3/c1-14-5-4-6-16-18-12-24(10-9-19(18)23-22(14)16)13-20(25)17-11-15(26-2)7-8-21(17)27-3/h4-8,11,20,23,25H,9-10,12-13H2,1-3H3. The number of aromatic amines is 1. The summed E-state index contributed by atoms with van der Waals surface area (Å²) in [5.41, 5.74) is 5.94. The summed E-state index contributed by atoms with van der Waals surface area (Å²) in [6.45, 7) is 4.45. The number of aliphatic hydroxyl groups is 1. The number of methoxy groups -OCH3 is 2. The van der Waals surface area contributed by atoms with Gasteiger partial charge in [0, 0.05) is 48.2 Å². The first-order chi connectivity index (χ1) is 13.1. The molecule has 142 valence electrons. The molecule has 3 aromatic rings. The van der Waals surface area contributed by atoms with E-state index in [1.807, 2.05) is 18.2 Å². The molecule has 2 N–H and O–H groups in total. The van der Waals surface area contributed by atoms with E-state index < -0.39 is 6.10 Å². The SMILES string of the molecule is COc1ccc(OC)c(C(O)CN2CCc3[nH]c4c(C)cccc4c3C2)c1. The second-order valence-electron chi connectivity index (χ2n) is 7.19. The molecule has 2 aromatic carbocycles. The molecule has 1 aliphatic rings. The van der Waals surface area contributed by atoms with Crippen LogP contribution in [-0.2, 0) is 13.0 Å². The van der Waals surface area contributed by atoms with Gasteiger partial charge >= 0.3 is 0 Å². The molecule has 5 nitrogen and oxygen atoms in total. The van der Waals surface area contributed by atoms with Crippen LogP contribution in [-0.4, -0.2) is 42.3 Å². The number of hydrogen-bond acceptors (Lipinski definition) is 4. The number of β-amino-alcohol motifs (C(OH)–C–C–N with tert-alkyl or cyclic N) is 1. The number of para-hydroxylation sites is 1. The molecule has 0 fully saturated rings. The Labute approximate surface area is 159 Å². The summed E-state index contributed by atoms with van der Waals surface area (Å²) >= 11 is 0. The number of H-pyrrole nitrogens is 1. The molecule has 0 radical (unpaired) electrons. The lowest BCUT2D eigenvalue weighted by Crippen LogP contribution is -2.33. The van der Waals surface area contributed by atoms with Gasteiger partial charge in [0.15, 0.2) is 0 Å². The Bertz CT molecular complexity index is 964. The maximum atomic E-state index is 10.9. The van der Waals surface area contributed by atoms with Crippen LogP contribution in [0.3, 0.4) is 0 Å². The number of benzene rings is 2. The van der Waals surface area contributed by atoms with Crippen LogP contribution in [0.2, 0.25) is 0 Å². The first-order valence-electron chi connectivity index (χ1n) is 9.32. The number of ether oxygens (including phenoxy) is 2. The van der Waals surface area contributed by atoms with Crippen molar-refractivity contribution in [3.8, 4) is 11.5 Å². The summed E-state index contributed by atoms with van der Waals surface area (Å²) in [4.78, 5) is 5.90. The minimum Gasteiger partial charge on any atom is -0.497 e. The zero-order valence-corrected chi connectivity index (χ0v) is 16.1. The minimum atomic E-state index is -0.636. The maximum Gasteiger partial charge on any atom is 0.124 e. The molecule has 0 saturated heterocycles. The third kappa shape index (κ3) is 3.29. The Kier molecular flexibility index (Phi) is 4.81. The molecule has 27 heavy (non-hydrogen) atoms. The predicted molar refractivity (Wildman–Crippen MR) is 107 cm³/mol. The van der Waals surface area contributed by atoms with Crippen LogP contribution in [0.5, 0.6) is 11.5 Å². The molecule has 2 heterocycles. The Balaban J connectivity index is 1.57. The molecule has 0 spiro atoms. The monoisotopic (exact) mass is 366 g/mol. The van der Waals surface area contributed by atoms with Crippen molar-refractivity contribution in [2.45, 2.75) is 26.0 Å². The van der Waals surface area contributed by atoms with Crippen molar-refractivity contribution >= 4 is 10.9 Å². The van der Waals surface area contributed by atoms with Crippen molar-refractivity contribution in [1.82, 2.24) is 9.88 Å². The molecule has 0 saturated carbocycles. The number of rotatable bonds is 5. The average Bonchev–Trinajstić information content (AvgIpc) is 3.07. The molecule has 4 rings (SSSR count). The van der Waals surface area contributed by atoms with Gasteiger partial charge in [0.05, 0.1) is 20.3 Å². The molecule has 1 aliphatic heterocycles. The van der Waals surface area contributed by atoms with Crippen LogP contribution < -0.4 is 9.47 Å². The van der Waals surface area contributed by atoms with Crippen molar-refractivity contribution in [2.75, 3.05) is 27.3 Å². The minimum absolute atomic E-state index is 0.557. The lowest BCUT2D eigenvalue weighted by Gasteiger charge is -2.29. The molecule has 1 unspecified atom stereocenters. The largest absolute Gasteiger partial charge is 0.497 e. The quantitative estimate of drug-likeness (QED) is 0.725. The van der Waals surface area contributed by atoms with Crippen LogP contribution in [0, 0.1) is 6.92 Å². The second kappa shape index (κ2) is 7.25. The number of aryl methyl sites for hydroxylation is 1. The van der Waals surface area contributed by atoms with Gasteiger partial charge in [-0.1, -0.05) is 18.2 Å². The Hall–Kier alpha value is -2.50. The number of hydrogen-bond donors (Lipinski definition) is 2. The van der Waals surface area contributed by atoms with Gasteiger partial charge in [-0.15, -0.1) is 0 Å². The van der Waals surface area contributed by atoms with Gasteiger partial charge in [-0.25, -0.2) is 0 Å². The summed E-state index contributed by atoms with van der Waals surface area (Å²) in [7, 11) is 3.25. The van der Waals surface area contributed by atoms with E-state index >= 15 is 0 Å². The normalized spacial score (nSPS) is 15.6. The zero-order chi connectivity index (χ0) is 19.0. The molecule has 0 bridgehead atoms. The number of nitrogens with zero attached hydrogens (tertiary/aromatic N) is 1. The van der Waals surface area contributed by atoms with Crippen LogP contribution in [0.15, 0.2) is 36.4 Å². The van der Waals surface area contributed by atoms with E-state index in [9.17, 15) is 5.11 Å². The molecule has 5 heteroatoms. The van der Waals surface area contributed by atoms with Crippen LogP contribution >= 0.6 is 0 Å². The number of fused-ring (bicyclic) bond motifs is 3. The molecule has 0 amide bonds. The van der Waals surface area contributed by atoms with Gasteiger partial charge in [-0.05, 0) is 36.2 Å². The number of aromatic nitrogens is 1. The fourth-order valence-electron chi connectivity index (χ4n) is 4.04. The van der Waals surface area contributed by atoms with Crippen molar-refractivity contribution in [2.24, 2.45) is 0 Å². The summed E-state index contributed by atoms with van der Waals surface area (Å²) in [6.07, 6.45) is 0.328. The molecule has 1 aromatic heterocycles. The van der Waals surface area contributed by atoms with Gasteiger partial charge in [0.25, 0.3) is 0 Å². The Morgan fingerprint density at radius 2 is 2.04 bits per heavy atom. The highest BCUT2D eigenvalue weighted by molar-refractivity contribution is 5.87. The van der Waals surface area contributed by atoms with Gasteiger partial charge < -0.3 is 19.6 Å². The lowest BCUT2D eigenvalue weighted by molar-refractivity contribution is 0.103. The first kappa shape index (κ1) is 17.9. The van der Waals surface area contributed by atoms with Gasteiger partial charge in [0.2, 0.25) is 0 Å². The third-order valence-electron chi connectivity index (χ3n) is 5.52. The van der Waals surface area contributed by atoms with Crippen LogP contribution in [0.4, 0.5) is 0 Å². The van der Waals surface area contributed by atoms with Crippen molar-refractivity contribution in [3.63, 3.8) is 0 Å². The lowest BCUT2D eigenvalue weighted by atomic mass is 10.0. The summed E-state index contributed by atoms with van der Waals surface area (Å²) in [5.74, 6) is 1.40. The third-order valence-corrected chi connectivity index (χ3v) is 5.52. The van der Waals surface area contributed by atoms with Crippen molar-refractivity contribution < 1.29 is 14.6 Å². The molecular weight excluding hydrogens is 340 g/mol. The molecule has 1 atom stereocenters. The fraction of sp³-hybridized carbons (Fsp3) is 0.364.